The van der Waals surface area contributed by atoms with Crippen molar-refractivity contribution in [3.63, 3.8) is 0 Å². The third-order valence-electron chi connectivity index (χ3n) is 22.9. The van der Waals surface area contributed by atoms with E-state index < -0.39 is 278 Å². The summed E-state index contributed by atoms with van der Waals surface area (Å²) in [6.07, 6.45) is -1.92. The molecule has 3 fully saturated rings. The van der Waals surface area contributed by atoms with Crippen LogP contribution in [-0.2, 0) is 125 Å². The summed E-state index contributed by atoms with van der Waals surface area (Å²) in [7, 11) is 0. The second-order valence-corrected chi connectivity index (χ2v) is 34.8. The van der Waals surface area contributed by atoms with Crippen molar-refractivity contribution in [3.8, 4) is 11.5 Å². The van der Waals surface area contributed by atoms with E-state index in [-0.39, 0.29) is 126 Å². The van der Waals surface area contributed by atoms with Gasteiger partial charge in [0.2, 0.25) is 112 Å². The summed E-state index contributed by atoms with van der Waals surface area (Å²) in [5.41, 5.74) is 23.4. The van der Waals surface area contributed by atoms with Crippen LogP contribution >= 0.6 is 0 Å². The van der Waals surface area contributed by atoms with Gasteiger partial charge in [-0.1, -0.05) is 72.2 Å². The summed E-state index contributed by atoms with van der Waals surface area (Å²) in [5, 5.41) is 80.7. The highest BCUT2D eigenvalue weighted by molar-refractivity contribution is 6.03. The van der Waals surface area contributed by atoms with E-state index in [1.807, 2.05) is 0 Å². The predicted octanol–water partition coefficient (Wildman–Crippen LogP) is -6.30. The molecule has 1 aromatic heterocycles. The van der Waals surface area contributed by atoms with Gasteiger partial charge in [-0.15, -0.1) is 0 Å². The van der Waals surface area contributed by atoms with E-state index in [0.29, 0.717) is 17.5 Å². The van der Waals surface area contributed by atoms with Crippen LogP contribution < -0.4 is 92.1 Å². The second-order valence-electron chi connectivity index (χ2n) is 34.8. The van der Waals surface area contributed by atoms with E-state index in [0.717, 1.165) is 18.7 Å². The zero-order valence-electron chi connectivity index (χ0n) is 76.8. The summed E-state index contributed by atoms with van der Waals surface area (Å²) in [6.45, 7) is 11.3. The average Bonchev–Trinajstić information content (AvgIpc) is 1.63. The van der Waals surface area contributed by atoms with Crippen LogP contribution in [0.1, 0.15) is 175 Å². The number of hydrogen-bond donors (Lipinski definition) is 23. The summed E-state index contributed by atoms with van der Waals surface area (Å²) in [6, 6.07) is -13.5. The molecule has 746 valence electrons. The Morgan fingerprint density at radius 3 is 1.32 bits per heavy atom. The van der Waals surface area contributed by atoms with Crippen molar-refractivity contribution in [2.24, 2.45) is 40.7 Å². The lowest BCUT2D eigenvalue weighted by Crippen LogP contribution is -2.60. The van der Waals surface area contributed by atoms with Gasteiger partial charge in [0, 0.05) is 63.6 Å². The number of phenols is 2. The monoisotopic (exact) mass is 1910 g/mol. The number of primary amides is 3. The highest BCUT2D eigenvalue weighted by atomic mass is 16.4. The summed E-state index contributed by atoms with van der Waals surface area (Å²) >= 11 is 0. The van der Waals surface area contributed by atoms with Gasteiger partial charge >= 0.3 is 17.9 Å². The van der Waals surface area contributed by atoms with Crippen LogP contribution in [0.2, 0.25) is 0 Å². The molecule has 17 atom stereocenters. The number of aliphatic carboxylic acids is 3. The molecule has 3 saturated heterocycles. The van der Waals surface area contributed by atoms with Crippen LogP contribution in [0.25, 0.3) is 0 Å². The average molecular weight is 1910 g/mol. The van der Waals surface area contributed by atoms with Crippen LogP contribution in [-0.4, -0.2) is 303 Å². The first-order valence-electron chi connectivity index (χ1n) is 44.7. The van der Waals surface area contributed by atoms with E-state index in [4.69, 9.17) is 22.9 Å². The number of amides is 19. The number of carboxylic acids is 3. The van der Waals surface area contributed by atoms with Crippen molar-refractivity contribution in [2.75, 3.05) is 26.2 Å². The number of aromatic amines is 1. The van der Waals surface area contributed by atoms with Gasteiger partial charge in [0.05, 0.1) is 38.2 Å². The second kappa shape index (κ2) is 52.9. The molecule has 27 N–H and O–H groups in total. The molecule has 0 saturated carbocycles. The molecule has 0 unspecified atom stereocenters. The number of carboxylic acid groups (broad SMARTS) is 3. The molecular formula is C87H126N22O27. The summed E-state index contributed by atoms with van der Waals surface area (Å²) in [5.74, 6) is -24.8. The third kappa shape index (κ3) is 34.9. The standard InChI is InChI=1S/C87H126N22O27/c1-9-44(6)71(87(135)136)106-82(130)55(32-43(4)5)101-76(124)53(25-27-69(116)117)97-80(128)59(36-66(90)113)98-72(120)45(7)95-68(115)40-93-75(123)58(35-49-39-92-41-94-49)103-81(129)60(38-70(118)119)99-73(121)46(8)96-77(125)56(33-47-16-20-50(110)21-17-47)104-83(131)62-13-10-28-107(62)85(133)64-15-12-30-109(64)86(134)63-14-11-29-108(63)84(132)61(37-67(91)114)105-78(126)54(31-42(2)3)102-79(127)57(34-48-18-22-51(111)23-19-48)100-74(122)52(88)24-26-65(89)112/h16-23,39,41-46,52-64,71,110-111H,9-15,24-38,40,88H2,1-8H3,(H2,89,112)(H2,90,113)(H2,91,114)(H,92,94)(H,93,123)(H,95,115)(H,96,125)(H,97,128)(H,98,120)(H,99,121)(H,100,122)(H,101,124)(H,102,127)(H,103,129)(H,104,131)(H,105,126)(H,106,130)(H,116,117)(H,118,119)(H,135,136)/t44-,45-,46-,52-,53-,54-,55-,56-,57-,58-,59-,60-,61-,62-,63-,64-,71-/m0/s1. The molecule has 49 heteroatoms. The van der Waals surface area contributed by atoms with E-state index in [1.165, 1.54) is 70.9 Å². The Bertz CT molecular complexity index is 4810. The minimum atomic E-state index is -2.03. The number of likely N-dealkylation sites (tertiary alicyclic amines) is 3. The lowest BCUT2D eigenvalue weighted by atomic mass is 9.97. The Kier molecular flexibility index (Phi) is 42.9. The number of benzene rings is 2. The molecule has 0 aliphatic carbocycles. The van der Waals surface area contributed by atoms with Crippen molar-refractivity contribution in [3.05, 3.63) is 77.9 Å². The smallest absolute Gasteiger partial charge is 0.326 e. The van der Waals surface area contributed by atoms with Crippen molar-refractivity contribution in [1.29, 1.82) is 0 Å². The van der Waals surface area contributed by atoms with Gasteiger partial charge in [-0.25, -0.2) is 9.78 Å². The molecule has 3 aliphatic heterocycles. The highest BCUT2D eigenvalue weighted by Gasteiger charge is 2.48. The van der Waals surface area contributed by atoms with Gasteiger partial charge in [-0.3, -0.25) is 101 Å². The first-order valence-corrected chi connectivity index (χ1v) is 44.7. The number of H-pyrrole nitrogens is 1. The number of rotatable bonds is 54. The Morgan fingerprint density at radius 2 is 0.838 bits per heavy atom. The fourth-order valence-electron chi connectivity index (χ4n) is 15.5. The topological polar surface area (TPSA) is 776 Å². The van der Waals surface area contributed by atoms with E-state index >= 15 is 0 Å². The molecular weight excluding hydrogens is 1790 g/mol. The summed E-state index contributed by atoms with van der Waals surface area (Å²) < 4.78 is 0. The van der Waals surface area contributed by atoms with Gasteiger partial charge in [-0.2, -0.15) is 0 Å². The largest absolute Gasteiger partial charge is 0.508 e. The lowest BCUT2D eigenvalue weighted by Gasteiger charge is -2.35. The van der Waals surface area contributed by atoms with E-state index in [2.05, 4.69) is 79.1 Å². The number of aromatic hydroxyl groups is 2. The first-order chi connectivity index (χ1) is 64.0. The van der Waals surface area contributed by atoms with Crippen molar-refractivity contribution in [2.45, 2.75) is 274 Å². The maximum absolute atomic E-state index is 15.0. The molecule has 4 heterocycles. The minimum absolute atomic E-state index is 0.0110. The van der Waals surface area contributed by atoms with Gasteiger partial charge in [0.15, 0.2) is 0 Å². The predicted molar refractivity (Wildman–Crippen MR) is 477 cm³/mol. The number of aromatic nitrogens is 2. The molecule has 136 heavy (non-hydrogen) atoms. The normalized spacial score (nSPS) is 17.6. The Morgan fingerprint density at radius 1 is 0.426 bits per heavy atom. The van der Waals surface area contributed by atoms with Crippen molar-refractivity contribution >= 4 is 130 Å². The molecule has 6 rings (SSSR count). The molecule has 19 amide bonds. The van der Waals surface area contributed by atoms with E-state index in [1.54, 1.807) is 41.5 Å². The number of nitrogens with one attached hydrogen (secondary N) is 14. The maximum Gasteiger partial charge on any atom is 0.326 e. The van der Waals surface area contributed by atoms with Gasteiger partial charge in [-0.05, 0) is 131 Å². The van der Waals surface area contributed by atoms with Crippen LogP contribution in [0.15, 0.2) is 61.1 Å². The number of hydrogen-bond acceptors (Lipinski definition) is 26. The summed E-state index contributed by atoms with van der Waals surface area (Å²) in [4.78, 5) is 310. The SMILES string of the molecule is CC[C@H](C)[C@H](NC(=O)[C@H](CC(C)C)NC(=O)[C@H](CCC(=O)O)NC(=O)[C@H](CC(N)=O)NC(=O)[C@H](C)NC(=O)CNC(=O)[C@H](Cc1cnc[nH]1)NC(=O)[C@H](CC(=O)O)NC(=O)[C@H](C)NC(=O)[C@H](Cc1ccc(O)cc1)NC(=O)[C@@H]1CCCN1C(=O)[C@@H]1CCCN1C(=O)[C@@H]1CCCN1C(=O)[C@H](CC(N)=O)NC(=O)[C@H](CC(C)C)NC(=O)[C@H](Cc1ccc(O)cc1)NC(=O)[C@@H](N)CCC(N)=O)C(=O)O. The molecule has 2 aromatic carbocycles. The Hall–Kier alpha value is -14.4. The quantitative estimate of drug-likeness (QED) is 0.0250. The Balaban J connectivity index is 1.11. The third-order valence-corrected chi connectivity index (χ3v) is 22.9. The van der Waals surface area contributed by atoms with Crippen LogP contribution in [0.3, 0.4) is 0 Å². The number of phenolic OH excluding ortho intramolecular Hbond substituents is 2. The number of nitrogens with two attached hydrogens (primary N) is 4. The number of imidazole rings is 1. The number of carbonyl (C=O) groups excluding carboxylic acids is 19. The molecule has 0 radical (unpaired) electrons. The van der Waals surface area contributed by atoms with Gasteiger partial charge in [0.1, 0.15) is 102 Å². The maximum atomic E-state index is 15.0. The first kappa shape index (κ1) is 110. The molecule has 3 aromatic rings. The van der Waals surface area contributed by atoms with Crippen LogP contribution in [0, 0.1) is 17.8 Å². The molecule has 0 bridgehead atoms. The zero-order valence-corrected chi connectivity index (χ0v) is 76.8. The van der Waals surface area contributed by atoms with E-state index in [9.17, 15) is 131 Å². The Labute approximate surface area is 782 Å². The molecule has 0 spiro atoms. The van der Waals surface area contributed by atoms with Crippen LogP contribution in [0.5, 0.6) is 11.5 Å². The van der Waals surface area contributed by atoms with Crippen LogP contribution in [0.4, 0.5) is 0 Å². The lowest BCUT2D eigenvalue weighted by molar-refractivity contribution is -0.151. The number of carbonyl (C=O) groups is 22. The molecule has 3 aliphatic rings. The fraction of sp³-hybridized carbons (Fsp3) is 0.575. The zero-order chi connectivity index (χ0) is 101. The van der Waals surface area contributed by atoms with Gasteiger partial charge < -0.3 is 137 Å². The minimum Gasteiger partial charge on any atom is -0.508 e. The number of nitrogens with zero attached hydrogens (tertiary/aromatic N) is 4. The van der Waals surface area contributed by atoms with Gasteiger partial charge in [0.25, 0.3) is 0 Å². The highest BCUT2D eigenvalue weighted by Crippen LogP contribution is 2.30. The molecule has 49 nitrogen and oxygen atoms in total. The van der Waals surface area contributed by atoms with Crippen molar-refractivity contribution in [1.82, 2.24) is 93.8 Å². The van der Waals surface area contributed by atoms with Crippen molar-refractivity contribution < 1.29 is 131 Å². The fourth-order valence-corrected chi connectivity index (χ4v) is 15.5.